The number of ether oxygens (including phenoxy) is 1. The average molecular weight is 549 g/mol. The van der Waals surface area contributed by atoms with Crippen LogP contribution in [-0.2, 0) is 20.9 Å². The fourth-order valence-electron chi connectivity index (χ4n) is 6.40. The molecule has 10 nitrogen and oxygen atoms in total. The molecule has 3 aromatic rings. The molecule has 1 aromatic heterocycles. The zero-order valence-corrected chi connectivity index (χ0v) is 22.5. The number of nitrogens with zero attached hydrogens (tertiary/aromatic N) is 1. The maximum absolute atomic E-state index is 12.6. The fraction of sp³-hybridized carbons (Fsp3) is 0.433. The smallest absolute Gasteiger partial charge is 0.293 e. The largest absolute Gasteiger partial charge is 0.506 e. The monoisotopic (exact) mass is 548 g/mol. The zero-order valence-electron chi connectivity index (χ0n) is 22.5. The van der Waals surface area contributed by atoms with E-state index in [2.05, 4.69) is 20.5 Å². The van der Waals surface area contributed by atoms with Crippen molar-refractivity contribution in [3.8, 4) is 5.75 Å². The van der Waals surface area contributed by atoms with Crippen molar-refractivity contribution in [2.75, 3.05) is 25.5 Å². The third kappa shape index (κ3) is 6.04. The topological polar surface area (TPSA) is 144 Å². The van der Waals surface area contributed by atoms with E-state index in [-0.39, 0.29) is 29.9 Å². The summed E-state index contributed by atoms with van der Waals surface area (Å²) in [4.78, 5) is 39.9. The van der Waals surface area contributed by atoms with Gasteiger partial charge in [0.1, 0.15) is 11.9 Å². The number of aromatic amines is 1. The molecule has 5 atom stereocenters. The van der Waals surface area contributed by atoms with Crippen LogP contribution in [0.4, 0.5) is 5.69 Å². The Hall–Kier alpha value is -3.73. The van der Waals surface area contributed by atoms with Crippen molar-refractivity contribution in [2.24, 2.45) is 11.8 Å². The van der Waals surface area contributed by atoms with Crippen molar-refractivity contribution < 1.29 is 24.5 Å². The Balaban J connectivity index is 1.06. The van der Waals surface area contributed by atoms with Crippen LogP contribution in [0.5, 0.6) is 5.75 Å². The van der Waals surface area contributed by atoms with Gasteiger partial charge in [-0.3, -0.25) is 14.4 Å². The summed E-state index contributed by atoms with van der Waals surface area (Å²) in [6, 6.07) is 14.0. The number of carbonyl (C=O) groups excluding carboxylic acids is 2. The number of carbonyl (C=O) groups is 2. The second-order valence-electron chi connectivity index (χ2n) is 10.9. The summed E-state index contributed by atoms with van der Waals surface area (Å²) in [7, 11) is 2.04. The highest BCUT2D eigenvalue weighted by atomic mass is 16.5. The van der Waals surface area contributed by atoms with E-state index in [1.165, 1.54) is 12.1 Å². The van der Waals surface area contributed by atoms with Gasteiger partial charge in [0.25, 0.3) is 6.47 Å². The van der Waals surface area contributed by atoms with E-state index in [9.17, 15) is 24.6 Å². The van der Waals surface area contributed by atoms with Gasteiger partial charge in [-0.25, -0.2) is 0 Å². The summed E-state index contributed by atoms with van der Waals surface area (Å²) in [5, 5.41) is 27.5. The molecule has 0 radical (unpaired) electrons. The van der Waals surface area contributed by atoms with Crippen LogP contribution in [0.2, 0.25) is 0 Å². The van der Waals surface area contributed by atoms with Crippen LogP contribution in [0.3, 0.4) is 0 Å². The number of aromatic nitrogens is 1. The highest BCUT2D eigenvalue weighted by Crippen LogP contribution is 2.48. The molecule has 0 spiro atoms. The van der Waals surface area contributed by atoms with Gasteiger partial charge >= 0.3 is 0 Å². The quantitative estimate of drug-likeness (QED) is 0.217. The summed E-state index contributed by atoms with van der Waals surface area (Å²) < 4.78 is 5.34. The summed E-state index contributed by atoms with van der Waals surface area (Å²) in [5.41, 5.74) is 2.30. The average Bonchev–Trinajstić information content (AvgIpc) is 3.50. The second kappa shape index (κ2) is 12.2. The van der Waals surface area contributed by atoms with E-state index in [0.29, 0.717) is 60.3 Å². The summed E-state index contributed by atoms with van der Waals surface area (Å²) in [6.45, 7) is 2.00. The van der Waals surface area contributed by atoms with E-state index in [4.69, 9.17) is 4.74 Å². The summed E-state index contributed by atoms with van der Waals surface area (Å²) in [5.74, 6) is 0.701. The molecule has 10 heteroatoms. The first kappa shape index (κ1) is 27.8. The molecule has 2 bridgehead atoms. The molecule has 0 unspecified atom stereocenters. The normalized spacial score (nSPS) is 22.5. The molecule has 2 aromatic carbocycles. The van der Waals surface area contributed by atoms with Crippen LogP contribution in [0.25, 0.3) is 10.9 Å². The number of aliphatic hydroxyl groups excluding tert-OH is 1. The van der Waals surface area contributed by atoms with E-state index in [0.717, 1.165) is 30.5 Å². The second-order valence-corrected chi connectivity index (χ2v) is 10.9. The molecule has 1 amide bonds. The Morgan fingerprint density at radius 3 is 2.75 bits per heavy atom. The maximum atomic E-state index is 12.6. The first-order valence-electron chi connectivity index (χ1n) is 13.8. The lowest BCUT2D eigenvalue weighted by molar-refractivity contribution is -0.135. The summed E-state index contributed by atoms with van der Waals surface area (Å²) >= 11 is 0. The molecule has 2 fully saturated rings. The van der Waals surface area contributed by atoms with Crippen LogP contribution >= 0.6 is 0 Å². The first-order chi connectivity index (χ1) is 19.3. The third-order valence-corrected chi connectivity index (χ3v) is 8.44. The van der Waals surface area contributed by atoms with Gasteiger partial charge in [0, 0.05) is 55.2 Å². The minimum atomic E-state index is -0.839. The number of anilines is 1. The van der Waals surface area contributed by atoms with E-state index >= 15 is 0 Å². The Kier molecular flexibility index (Phi) is 8.49. The predicted octanol–water partition coefficient (Wildman–Crippen LogP) is 2.66. The first-order valence-corrected chi connectivity index (χ1v) is 13.8. The maximum Gasteiger partial charge on any atom is 0.293 e. The number of aliphatic hydroxyl groups is 1. The van der Waals surface area contributed by atoms with E-state index < -0.39 is 6.10 Å². The van der Waals surface area contributed by atoms with Gasteiger partial charge in [0.2, 0.25) is 11.5 Å². The number of pyridine rings is 1. The number of hydrogen-bond donors (Lipinski definition) is 5. The number of benzene rings is 2. The molecule has 5 rings (SSSR count). The lowest BCUT2D eigenvalue weighted by Gasteiger charge is -2.31. The number of aromatic hydroxyl groups is 1. The SMILES string of the molecule is CN(CCC(=O)Nc1ccc(CNC[C@@H](O)c2ccc(O)c3[nH]c(=O)ccc23)cc1)[C@H]1C[C@@H]2CC[C@H]1[C@@H]2OC=O. The van der Waals surface area contributed by atoms with Gasteiger partial charge in [-0.15, -0.1) is 0 Å². The standard InChI is InChI=1S/C30H36N4O6/c1-34(24-14-19-4-7-23(24)30(19)40-17-35)13-12-28(39)32-20-5-2-18(3-6-20)15-31-16-26(37)21-8-10-25(36)29-22(21)9-11-27(38)33-29/h2-3,5-6,8-11,17,19,23-24,26,30-31,36-37H,4,7,12-16H2,1H3,(H,32,39)(H,33,38)/t19-,23+,24-,26+,30+/m0/s1. The molecule has 1 heterocycles. The van der Waals surface area contributed by atoms with Gasteiger partial charge in [0.05, 0.1) is 11.6 Å². The third-order valence-electron chi connectivity index (χ3n) is 8.44. The zero-order chi connectivity index (χ0) is 28.2. The van der Waals surface area contributed by atoms with Crippen LogP contribution in [-0.4, -0.2) is 64.8 Å². The number of H-pyrrole nitrogens is 1. The number of phenolic OH excluding ortho intramolecular Hbond substituents is 1. The Labute approximate surface area is 232 Å². The van der Waals surface area contributed by atoms with Gasteiger partial charge in [0.15, 0.2) is 0 Å². The van der Waals surface area contributed by atoms with Crippen LogP contribution < -0.4 is 16.2 Å². The molecule has 0 aliphatic heterocycles. The van der Waals surface area contributed by atoms with Gasteiger partial charge in [-0.2, -0.15) is 0 Å². The lowest BCUT2D eigenvalue weighted by atomic mass is 9.94. The van der Waals surface area contributed by atoms with Crippen molar-refractivity contribution in [1.82, 2.24) is 15.2 Å². The van der Waals surface area contributed by atoms with Crippen molar-refractivity contribution in [2.45, 2.75) is 50.5 Å². The number of fused-ring (bicyclic) bond motifs is 3. The number of amides is 1. The minimum absolute atomic E-state index is 0.0227. The highest BCUT2D eigenvalue weighted by Gasteiger charge is 2.50. The number of phenols is 1. The Morgan fingerprint density at radius 2 is 1.98 bits per heavy atom. The number of hydrogen-bond acceptors (Lipinski definition) is 8. The molecule has 2 aliphatic rings. The van der Waals surface area contributed by atoms with Crippen molar-refractivity contribution in [1.29, 1.82) is 0 Å². The van der Waals surface area contributed by atoms with Crippen LogP contribution in [0.15, 0.2) is 53.3 Å². The molecule has 2 saturated carbocycles. The molecular weight excluding hydrogens is 512 g/mol. The van der Waals surface area contributed by atoms with Gasteiger partial charge in [-0.05, 0) is 67.6 Å². The highest BCUT2D eigenvalue weighted by molar-refractivity contribution is 5.90. The van der Waals surface area contributed by atoms with Crippen molar-refractivity contribution in [3.63, 3.8) is 0 Å². The summed E-state index contributed by atoms with van der Waals surface area (Å²) in [6.07, 6.45) is 2.76. The van der Waals surface area contributed by atoms with E-state index in [1.54, 1.807) is 12.1 Å². The molecule has 5 N–H and O–H groups in total. The Bertz CT molecular complexity index is 1410. The number of rotatable bonds is 12. The van der Waals surface area contributed by atoms with Crippen molar-refractivity contribution >= 4 is 29.0 Å². The van der Waals surface area contributed by atoms with Crippen LogP contribution in [0, 0.1) is 11.8 Å². The van der Waals surface area contributed by atoms with Gasteiger partial charge in [-0.1, -0.05) is 18.2 Å². The lowest BCUT2D eigenvalue weighted by Crippen LogP contribution is -2.39. The molecule has 0 saturated heterocycles. The Morgan fingerprint density at radius 1 is 1.18 bits per heavy atom. The van der Waals surface area contributed by atoms with Gasteiger partial charge < -0.3 is 35.5 Å². The minimum Gasteiger partial charge on any atom is -0.506 e. The molecule has 212 valence electrons. The molecule has 2 aliphatic carbocycles. The van der Waals surface area contributed by atoms with Crippen LogP contribution in [0.1, 0.15) is 42.9 Å². The predicted molar refractivity (Wildman–Crippen MR) is 151 cm³/mol. The van der Waals surface area contributed by atoms with E-state index in [1.807, 2.05) is 31.3 Å². The van der Waals surface area contributed by atoms with Crippen molar-refractivity contribution in [3.05, 3.63) is 70.0 Å². The fourth-order valence-corrected chi connectivity index (χ4v) is 6.40. The number of nitrogens with one attached hydrogen (secondary N) is 3. The molecule has 40 heavy (non-hydrogen) atoms. The molecular formula is C30H36N4O6.